The summed E-state index contributed by atoms with van der Waals surface area (Å²) in [5.74, 6) is -1.35. The van der Waals surface area contributed by atoms with Gasteiger partial charge in [-0.3, -0.25) is 14.4 Å². The molecule has 41 heavy (non-hydrogen) atoms. The highest BCUT2D eigenvalue weighted by Crippen LogP contribution is 2.61. The van der Waals surface area contributed by atoms with Crippen molar-refractivity contribution < 1.29 is 19.5 Å². The molecule has 8 heteroatoms. The lowest BCUT2D eigenvalue weighted by Gasteiger charge is -2.35. The average Bonchev–Trinajstić information content (AvgIpc) is 3.30. The van der Waals surface area contributed by atoms with Gasteiger partial charge in [-0.2, -0.15) is 0 Å². The predicted octanol–water partition coefficient (Wildman–Crippen LogP) is 4.04. The zero-order chi connectivity index (χ0) is 28.4. The molecule has 5 atom stereocenters. The van der Waals surface area contributed by atoms with E-state index in [2.05, 4.69) is 12.2 Å². The van der Waals surface area contributed by atoms with Crippen molar-refractivity contribution in [1.29, 1.82) is 0 Å². The molecule has 6 rings (SSSR count). The number of aliphatic hydroxyl groups is 1. The number of amides is 3. The number of likely N-dealkylation sites (tertiary alicyclic amines) is 1. The van der Waals surface area contributed by atoms with Crippen LogP contribution in [0.25, 0.3) is 0 Å². The molecular weight excluding hydrogens is 534 g/mol. The molecule has 4 heterocycles. The Morgan fingerprint density at radius 1 is 0.829 bits per heavy atom. The van der Waals surface area contributed by atoms with Gasteiger partial charge in [0.25, 0.3) is 0 Å². The third-order valence-electron chi connectivity index (χ3n) is 8.83. The maximum atomic E-state index is 14.4. The summed E-state index contributed by atoms with van der Waals surface area (Å²) in [6, 6.07) is 18.9. The SMILES string of the molecule is O=C1C2N(CCCCCCO)C(=O)[C@@H]3[C@@H]4C(=O)N(c5ccccc5)CC=C[C@@H]4S[C@]23C=CCN1Cc1ccccc1. The Morgan fingerprint density at radius 2 is 1.56 bits per heavy atom. The molecule has 0 bridgehead atoms. The molecule has 0 radical (unpaired) electrons. The Morgan fingerprint density at radius 3 is 2.32 bits per heavy atom. The molecule has 1 spiro atoms. The van der Waals surface area contributed by atoms with Crippen LogP contribution in [0.3, 0.4) is 0 Å². The van der Waals surface area contributed by atoms with Gasteiger partial charge in [-0.1, -0.05) is 85.7 Å². The van der Waals surface area contributed by atoms with Gasteiger partial charge >= 0.3 is 0 Å². The minimum absolute atomic E-state index is 0.0506. The number of para-hydroxylation sites is 1. The second-order valence-electron chi connectivity index (χ2n) is 11.3. The van der Waals surface area contributed by atoms with Crippen molar-refractivity contribution in [2.75, 3.05) is 31.1 Å². The van der Waals surface area contributed by atoms with Crippen molar-refractivity contribution in [2.45, 2.75) is 48.3 Å². The normalized spacial score (nSPS) is 28.9. The second-order valence-corrected chi connectivity index (χ2v) is 12.8. The predicted molar refractivity (Wildman–Crippen MR) is 161 cm³/mol. The van der Waals surface area contributed by atoms with E-state index in [0.717, 1.165) is 36.9 Å². The van der Waals surface area contributed by atoms with Gasteiger partial charge < -0.3 is 19.8 Å². The number of carbonyl (C=O) groups is 3. The first-order valence-electron chi connectivity index (χ1n) is 14.7. The summed E-state index contributed by atoms with van der Waals surface area (Å²) < 4.78 is -0.806. The van der Waals surface area contributed by atoms with Crippen molar-refractivity contribution in [3.05, 3.63) is 90.5 Å². The van der Waals surface area contributed by atoms with Gasteiger partial charge in [0.1, 0.15) is 6.04 Å². The van der Waals surface area contributed by atoms with Crippen LogP contribution in [0.2, 0.25) is 0 Å². The van der Waals surface area contributed by atoms with E-state index in [0.29, 0.717) is 26.2 Å². The fourth-order valence-corrected chi connectivity index (χ4v) is 8.96. The van der Waals surface area contributed by atoms with Gasteiger partial charge in [0.05, 0.1) is 16.6 Å². The first-order valence-corrected chi connectivity index (χ1v) is 15.6. The van der Waals surface area contributed by atoms with Gasteiger partial charge in [0.15, 0.2) is 0 Å². The lowest BCUT2D eigenvalue weighted by atomic mass is 9.78. The summed E-state index contributed by atoms with van der Waals surface area (Å²) in [6.45, 7) is 2.02. The van der Waals surface area contributed by atoms with Crippen molar-refractivity contribution in [1.82, 2.24) is 9.80 Å². The number of hydrogen-bond donors (Lipinski definition) is 1. The van der Waals surface area contributed by atoms with Crippen LogP contribution in [-0.2, 0) is 20.9 Å². The van der Waals surface area contributed by atoms with E-state index in [9.17, 15) is 19.5 Å². The zero-order valence-corrected chi connectivity index (χ0v) is 24.0. The molecule has 214 valence electrons. The van der Waals surface area contributed by atoms with Crippen LogP contribution < -0.4 is 4.90 Å². The smallest absolute Gasteiger partial charge is 0.247 e. The van der Waals surface area contributed by atoms with E-state index >= 15 is 0 Å². The number of benzene rings is 2. The van der Waals surface area contributed by atoms with Crippen molar-refractivity contribution in [3.8, 4) is 0 Å². The molecule has 4 aliphatic rings. The summed E-state index contributed by atoms with van der Waals surface area (Å²) in [5.41, 5.74) is 1.86. The van der Waals surface area contributed by atoms with E-state index in [-0.39, 0.29) is 29.6 Å². The van der Waals surface area contributed by atoms with E-state index in [1.165, 1.54) is 0 Å². The lowest BCUT2D eigenvalue weighted by molar-refractivity contribution is -0.143. The number of carbonyl (C=O) groups excluding carboxylic acids is 3. The molecule has 7 nitrogen and oxygen atoms in total. The molecule has 1 N–H and O–H groups in total. The minimum Gasteiger partial charge on any atom is -0.396 e. The van der Waals surface area contributed by atoms with Crippen LogP contribution >= 0.6 is 11.8 Å². The van der Waals surface area contributed by atoms with Gasteiger partial charge in [0, 0.05) is 43.7 Å². The lowest BCUT2D eigenvalue weighted by Crippen LogP contribution is -2.53. The fourth-order valence-electron chi connectivity index (χ4n) is 6.96. The zero-order valence-electron chi connectivity index (χ0n) is 23.2. The van der Waals surface area contributed by atoms with E-state index in [1.54, 1.807) is 21.6 Å². The standard InChI is InChI=1S/C33H37N3O4S/c37-22-10-2-1-9-20-36-29-32(40)34(23-24-13-5-3-6-14-24)19-12-18-33(29)28(31(36)39)27-26(41-33)17-11-21-35(30(27)38)25-15-7-4-8-16-25/h3-8,11-18,26-29,37H,1-2,9-10,19-23H2/t26-,27+,28-,29?,33-/m0/s1. The highest BCUT2D eigenvalue weighted by atomic mass is 32.2. The Bertz CT molecular complexity index is 1330. The van der Waals surface area contributed by atoms with E-state index in [1.807, 2.05) is 77.7 Å². The maximum Gasteiger partial charge on any atom is 0.247 e. The summed E-state index contributed by atoms with van der Waals surface area (Å²) in [4.78, 5) is 48.5. The van der Waals surface area contributed by atoms with Gasteiger partial charge in [-0.05, 0) is 30.5 Å². The molecule has 1 unspecified atom stereocenters. The number of fused-ring (bicyclic) bond motifs is 2. The Labute approximate surface area is 245 Å². The third-order valence-corrected chi connectivity index (χ3v) is 10.6. The Hall–Kier alpha value is -3.36. The quantitative estimate of drug-likeness (QED) is 0.363. The highest BCUT2D eigenvalue weighted by Gasteiger charge is 2.70. The molecule has 0 saturated carbocycles. The second kappa shape index (κ2) is 11.9. The van der Waals surface area contributed by atoms with Gasteiger partial charge in [-0.15, -0.1) is 11.8 Å². The van der Waals surface area contributed by atoms with Crippen molar-refractivity contribution in [3.63, 3.8) is 0 Å². The van der Waals surface area contributed by atoms with Crippen molar-refractivity contribution in [2.24, 2.45) is 11.8 Å². The number of rotatable bonds is 9. The van der Waals surface area contributed by atoms with Gasteiger partial charge in [0.2, 0.25) is 17.7 Å². The van der Waals surface area contributed by atoms with E-state index < -0.39 is 22.6 Å². The number of aliphatic hydroxyl groups excluding tert-OH is 1. The summed E-state index contributed by atoms with van der Waals surface area (Å²) >= 11 is 1.63. The third kappa shape index (κ3) is 5.01. The molecule has 2 fully saturated rings. The molecular formula is C33H37N3O4S. The summed E-state index contributed by atoms with van der Waals surface area (Å²) in [5, 5.41) is 9.01. The molecule has 2 aromatic rings. The molecule has 3 amide bonds. The van der Waals surface area contributed by atoms with E-state index in [4.69, 9.17) is 0 Å². The van der Waals surface area contributed by atoms with Crippen molar-refractivity contribution >= 4 is 35.2 Å². The fraction of sp³-hybridized carbons (Fsp3) is 0.424. The first kappa shape index (κ1) is 27.8. The summed E-state index contributed by atoms with van der Waals surface area (Å²) in [7, 11) is 0. The average molecular weight is 572 g/mol. The monoisotopic (exact) mass is 571 g/mol. The number of nitrogens with zero attached hydrogens (tertiary/aromatic N) is 3. The largest absolute Gasteiger partial charge is 0.396 e. The van der Waals surface area contributed by atoms with Crippen LogP contribution in [0.5, 0.6) is 0 Å². The van der Waals surface area contributed by atoms with Crippen LogP contribution in [-0.4, -0.2) is 74.9 Å². The first-order chi connectivity index (χ1) is 20.0. The number of anilines is 1. The Kier molecular flexibility index (Phi) is 8.04. The maximum absolute atomic E-state index is 14.4. The topological polar surface area (TPSA) is 81.2 Å². The molecule has 0 aliphatic carbocycles. The number of unbranched alkanes of at least 4 members (excludes halogenated alkanes) is 3. The van der Waals surface area contributed by atoms with Crippen LogP contribution in [0.15, 0.2) is 85.0 Å². The van der Waals surface area contributed by atoms with Crippen LogP contribution in [0, 0.1) is 11.8 Å². The highest BCUT2D eigenvalue weighted by molar-refractivity contribution is 8.02. The van der Waals surface area contributed by atoms with Gasteiger partial charge in [-0.25, -0.2) is 0 Å². The minimum atomic E-state index is -0.806. The molecule has 0 aromatic heterocycles. The van der Waals surface area contributed by atoms with Crippen LogP contribution in [0.4, 0.5) is 5.69 Å². The van der Waals surface area contributed by atoms with Crippen LogP contribution in [0.1, 0.15) is 31.2 Å². The molecule has 2 aromatic carbocycles. The molecule has 4 aliphatic heterocycles. The summed E-state index contributed by atoms with van der Waals surface area (Å²) in [6.07, 6.45) is 11.5. The molecule has 2 saturated heterocycles. The number of thioether (sulfide) groups is 1. The number of hydrogen-bond acceptors (Lipinski definition) is 5. The Balaban J connectivity index is 1.36.